The topological polar surface area (TPSA) is 38.1 Å². The van der Waals surface area contributed by atoms with E-state index in [9.17, 15) is 0 Å². The highest BCUT2D eigenvalue weighted by Gasteiger charge is 2.08. The van der Waals surface area contributed by atoms with Crippen LogP contribution in [0, 0.1) is 6.92 Å². The normalized spacial score (nSPS) is 10.5. The Hall–Kier alpha value is -1.29. The fourth-order valence-corrected chi connectivity index (χ4v) is 2.17. The molecule has 0 aliphatic heterocycles. The molecule has 0 aromatic carbocycles. The van der Waals surface area contributed by atoms with Gasteiger partial charge in [0.05, 0.1) is 5.69 Å². The standard InChI is InChI=1S/C11H14N2OS/c1-8-10(14-11(12-2)13-8)6-5-9-4-3-7-15-9/h3-4,7H,5-6H2,1-2H3,(H,12,13). The quantitative estimate of drug-likeness (QED) is 0.864. The summed E-state index contributed by atoms with van der Waals surface area (Å²) < 4.78 is 5.54. The number of aryl methyl sites for hydroxylation is 3. The van der Waals surface area contributed by atoms with Crippen LogP contribution in [-0.2, 0) is 12.8 Å². The van der Waals surface area contributed by atoms with Crippen LogP contribution in [0.15, 0.2) is 21.9 Å². The molecule has 0 saturated heterocycles. The molecule has 0 fully saturated rings. The van der Waals surface area contributed by atoms with E-state index in [1.807, 2.05) is 14.0 Å². The summed E-state index contributed by atoms with van der Waals surface area (Å²) in [5.41, 5.74) is 0.982. The van der Waals surface area contributed by atoms with Gasteiger partial charge in [-0.2, -0.15) is 4.98 Å². The minimum atomic E-state index is 0.605. The van der Waals surface area contributed by atoms with E-state index >= 15 is 0 Å². The van der Waals surface area contributed by atoms with Crippen molar-refractivity contribution in [3.8, 4) is 0 Å². The summed E-state index contributed by atoms with van der Waals surface area (Å²) in [5, 5.41) is 5.01. The first-order valence-corrected chi connectivity index (χ1v) is 5.84. The Morgan fingerprint density at radius 3 is 2.93 bits per heavy atom. The monoisotopic (exact) mass is 222 g/mol. The van der Waals surface area contributed by atoms with Crippen molar-refractivity contribution in [2.24, 2.45) is 0 Å². The van der Waals surface area contributed by atoms with Gasteiger partial charge in [0.2, 0.25) is 0 Å². The Morgan fingerprint density at radius 2 is 2.33 bits per heavy atom. The van der Waals surface area contributed by atoms with E-state index in [-0.39, 0.29) is 0 Å². The van der Waals surface area contributed by atoms with Gasteiger partial charge in [-0.25, -0.2) is 0 Å². The molecule has 0 aliphatic rings. The maximum Gasteiger partial charge on any atom is 0.294 e. The second-order valence-corrected chi connectivity index (χ2v) is 4.39. The Kier molecular flexibility index (Phi) is 3.06. The van der Waals surface area contributed by atoms with Crippen molar-refractivity contribution < 1.29 is 4.42 Å². The number of oxazole rings is 1. The van der Waals surface area contributed by atoms with Gasteiger partial charge >= 0.3 is 0 Å². The van der Waals surface area contributed by atoms with Gasteiger partial charge in [-0.05, 0) is 24.8 Å². The molecule has 1 N–H and O–H groups in total. The Labute approximate surface area is 93.2 Å². The van der Waals surface area contributed by atoms with Crippen LogP contribution in [0.25, 0.3) is 0 Å². The molecule has 2 aromatic rings. The van der Waals surface area contributed by atoms with Crippen LogP contribution in [0.5, 0.6) is 0 Å². The molecular formula is C11H14N2OS. The lowest BCUT2D eigenvalue weighted by Gasteiger charge is -1.95. The third-order valence-corrected chi connectivity index (χ3v) is 3.22. The molecule has 0 spiro atoms. The molecule has 15 heavy (non-hydrogen) atoms. The lowest BCUT2D eigenvalue weighted by Crippen LogP contribution is -1.88. The molecule has 2 rings (SSSR count). The smallest absolute Gasteiger partial charge is 0.294 e. The van der Waals surface area contributed by atoms with Crippen LogP contribution >= 0.6 is 11.3 Å². The summed E-state index contributed by atoms with van der Waals surface area (Å²) in [6.07, 6.45) is 1.94. The predicted octanol–water partition coefficient (Wildman–Crippen LogP) is 2.87. The van der Waals surface area contributed by atoms with E-state index in [1.165, 1.54) is 4.88 Å². The van der Waals surface area contributed by atoms with Crippen molar-refractivity contribution in [2.45, 2.75) is 19.8 Å². The van der Waals surface area contributed by atoms with E-state index in [1.54, 1.807) is 11.3 Å². The number of hydrogen-bond donors (Lipinski definition) is 1. The highest BCUT2D eigenvalue weighted by Crippen LogP contribution is 2.18. The van der Waals surface area contributed by atoms with Gasteiger partial charge in [0.25, 0.3) is 6.01 Å². The molecule has 0 unspecified atom stereocenters. The van der Waals surface area contributed by atoms with E-state index in [4.69, 9.17) is 4.42 Å². The van der Waals surface area contributed by atoms with Gasteiger partial charge in [0, 0.05) is 18.3 Å². The summed E-state index contributed by atoms with van der Waals surface area (Å²) in [7, 11) is 1.81. The SMILES string of the molecule is CNc1nc(C)c(CCc2cccs2)o1. The summed E-state index contributed by atoms with van der Waals surface area (Å²) >= 11 is 1.78. The van der Waals surface area contributed by atoms with Crippen molar-refractivity contribution in [1.82, 2.24) is 4.98 Å². The number of rotatable bonds is 4. The Morgan fingerprint density at radius 1 is 1.47 bits per heavy atom. The highest BCUT2D eigenvalue weighted by atomic mass is 32.1. The summed E-state index contributed by atoms with van der Waals surface area (Å²) in [6.45, 7) is 1.98. The molecule has 4 heteroatoms. The van der Waals surface area contributed by atoms with Crippen molar-refractivity contribution in [1.29, 1.82) is 0 Å². The molecule has 0 amide bonds. The highest BCUT2D eigenvalue weighted by molar-refractivity contribution is 7.09. The first-order chi connectivity index (χ1) is 7.29. The second-order valence-electron chi connectivity index (χ2n) is 3.36. The van der Waals surface area contributed by atoms with Crippen LogP contribution in [0.4, 0.5) is 6.01 Å². The van der Waals surface area contributed by atoms with Crippen LogP contribution in [0.1, 0.15) is 16.3 Å². The molecule has 2 heterocycles. The zero-order valence-corrected chi connectivity index (χ0v) is 9.73. The zero-order valence-electron chi connectivity index (χ0n) is 8.91. The molecule has 0 aliphatic carbocycles. The number of nitrogens with one attached hydrogen (secondary N) is 1. The maximum absolute atomic E-state index is 5.54. The third kappa shape index (κ3) is 2.39. The molecule has 2 aromatic heterocycles. The molecular weight excluding hydrogens is 208 g/mol. The first kappa shape index (κ1) is 10.2. The van der Waals surface area contributed by atoms with Crippen molar-refractivity contribution in [3.63, 3.8) is 0 Å². The number of thiophene rings is 1. The van der Waals surface area contributed by atoms with Gasteiger partial charge < -0.3 is 9.73 Å². The fraction of sp³-hybridized carbons (Fsp3) is 0.364. The fourth-order valence-electron chi connectivity index (χ4n) is 1.46. The lowest BCUT2D eigenvalue weighted by atomic mass is 10.2. The molecule has 80 valence electrons. The maximum atomic E-state index is 5.54. The van der Waals surface area contributed by atoms with E-state index < -0.39 is 0 Å². The molecule has 0 atom stereocenters. The van der Waals surface area contributed by atoms with Crippen LogP contribution in [0.2, 0.25) is 0 Å². The number of aromatic nitrogens is 1. The van der Waals surface area contributed by atoms with Gasteiger partial charge in [0.1, 0.15) is 5.76 Å². The lowest BCUT2D eigenvalue weighted by molar-refractivity contribution is 0.516. The molecule has 0 bridgehead atoms. The van der Waals surface area contributed by atoms with Crippen molar-refractivity contribution in [2.75, 3.05) is 12.4 Å². The third-order valence-electron chi connectivity index (χ3n) is 2.29. The van der Waals surface area contributed by atoms with E-state index in [0.717, 1.165) is 24.3 Å². The van der Waals surface area contributed by atoms with Crippen LogP contribution in [0.3, 0.4) is 0 Å². The van der Waals surface area contributed by atoms with Gasteiger partial charge in [-0.1, -0.05) is 6.07 Å². The molecule has 0 saturated carbocycles. The minimum Gasteiger partial charge on any atom is -0.428 e. The largest absolute Gasteiger partial charge is 0.428 e. The van der Waals surface area contributed by atoms with Gasteiger partial charge in [-0.15, -0.1) is 11.3 Å². The number of hydrogen-bond acceptors (Lipinski definition) is 4. The van der Waals surface area contributed by atoms with Crippen LogP contribution in [-0.4, -0.2) is 12.0 Å². The average molecular weight is 222 g/mol. The van der Waals surface area contributed by atoms with E-state index in [0.29, 0.717) is 6.01 Å². The number of anilines is 1. The molecule has 3 nitrogen and oxygen atoms in total. The summed E-state index contributed by atoms with van der Waals surface area (Å²) in [6, 6.07) is 4.83. The minimum absolute atomic E-state index is 0.605. The van der Waals surface area contributed by atoms with E-state index in [2.05, 4.69) is 27.8 Å². The first-order valence-electron chi connectivity index (χ1n) is 4.96. The number of nitrogens with zero attached hydrogens (tertiary/aromatic N) is 1. The molecule has 0 radical (unpaired) electrons. The van der Waals surface area contributed by atoms with Gasteiger partial charge in [0.15, 0.2) is 0 Å². The Balaban J connectivity index is 2.01. The van der Waals surface area contributed by atoms with Crippen LogP contribution < -0.4 is 5.32 Å². The van der Waals surface area contributed by atoms with Crippen molar-refractivity contribution in [3.05, 3.63) is 33.8 Å². The average Bonchev–Trinajstić information content (AvgIpc) is 2.84. The Bertz CT molecular complexity index is 420. The predicted molar refractivity (Wildman–Crippen MR) is 62.5 cm³/mol. The second kappa shape index (κ2) is 4.49. The summed E-state index contributed by atoms with van der Waals surface area (Å²) in [4.78, 5) is 5.64. The zero-order chi connectivity index (χ0) is 10.7. The van der Waals surface area contributed by atoms with Crippen molar-refractivity contribution >= 4 is 17.4 Å². The van der Waals surface area contributed by atoms with Gasteiger partial charge in [-0.3, -0.25) is 0 Å². The summed E-state index contributed by atoms with van der Waals surface area (Å²) in [5.74, 6) is 0.979.